The highest BCUT2D eigenvalue weighted by Crippen LogP contribution is 2.39. The van der Waals surface area contributed by atoms with Gasteiger partial charge in [-0.2, -0.15) is 0 Å². The van der Waals surface area contributed by atoms with E-state index in [0.717, 1.165) is 25.7 Å². The molecule has 0 aromatic carbocycles. The molecule has 0 aromatic rings. The maximum Gasteiger partial charge on any atom is 0.310 e. The SMILES string of the molecule is O=C(CC1(C(=O)O)CCCCCC1)N1CCOCC1. The lowest BCUT2D eigenvalue weighted by molar-refractivity contribution is -0.155. The van der Waals surface area contributed by atoms with Gasteiger partial charge in [0.05, 0.1) is 18.6 Å². The highest BCUT2D eigenvalue weighted by Gasteiger charge is 2.41. The van der Waals surface area contributed by atoms with Crippen LogP contribution in [0.2, 0.25) is 0 Å². The van der Waals surface area contributed by atoms with Crippen LogP contribution in [-0.4, -0.2) is 48.2 Å². The van der Waals surface area contributed by atoms with Crippen LogP contribution in [0.25, 0.3) is 0 Å². The van der Waals surface area contributed by atoms with Crippen molar-refractivity contribution in [3.8, 4) is 0 Å². The number of aliphatic carboxylic acids is 1. The van der Waals surface area contributed by atoms with Gasteiger partial charge in [-0.05, 0) is 12.8 Å². The zero-order valence-corrected chi connectivity index (χ0v) is 11.4. The van der Waals surface area contributed by atoms with Gasteiger partial charge >= 0.3 is 5.97 Å². The summed E-state index contributed by atoms with van der Waals surface area (Å²) in [5.41, 5.74) is -0.827. The van der Waals surface area contributed by atoms with Gasteiger partial charge in [-0.3, -0.25) is 9.59 Å². The van der Waals surface area contributed by atoms with E-state index in [9.17, 15) is 14.7 Å². The number of carboxylic acids is 1. The van der Waals surface area contributed by atoms with Crippen molar-refractivity contribution in [1.82, 2.24) is 4.90 Å². The van der Waals surface area contributed by atoms with Gasteiger partial charge in [0, 0.05) is 19.5 Å². The minimum Gasteiger partial charge on any atom is -0.481 e. The third kappa shape index (κ3) is 3.47. The molecule has 0 unspecified atom stereocenters. The molecule has 1 saturated heterocycles. The van der Waals surface area contributed by atoms with Crippen LogP contribution in [0.15, 0.2) is 0 Å². The molecular weight excluding hydrogens is 246 g/mol. The van der Waals surface area contributed by atoms with Crippen LogP contribution in [-0.2, 0) is 14.3 Å². The lowest BCUT2D eigenvalue weighted by Crippen LogP contribution is -2.44. The zero-order chi connectivity index (χ0) is 13.7. The monoisotopic (exact) mass is 269 g/mol. The Hall–Kier alpha value is -1.10. The van der Waals surface area contributed by atoms with Crippen molar-refractivity contribution in [2.45, 2.75) is 44.9 Å². The molecule has 1 aliphatic carbocycles. The molecule has 1 heterocycles. The number of morpholine rings is 1. The summed E-state index contributed by atoms with van der Waals surface area (Å²) in [6.07, 6.45) is 5.44. The van der Waals surface area contributed by atoms with Crippen molar-refractivity contribution >= 4 is 11.9 Å². The molecule has 0 radical (unpaired) electrons. The predicted molar refractivity (Wildman–Crippen MR) is 69.8 cm³/mol. The molecule has 0 atom stereocenters. The van der Waals surface area contributed by atoms with Gasteiger partial charge in [0.2, 0.25) is 5.91 Å². The highest BCUT2D eigenvalue weighted by molar-refractivity contribution is 5.85. The first-order chi connectivity index (χ1) is 9.14. The molecule has 108 valence electrons. The zero-order valence-electron chi connectivity index (χ0n) is 11.4. The third-order valence-electron chi connectivity index (χ3n) is 4.37. The molecule has 2 fully saturated rings. The van der Waals surface area contributed by atoms with Crippen molar-refractivity contribution in [1.29, 1.82) is 0 Å². The van der Waals surface area contributed by atoms with E-state index in [-0.39, 0.29) is 12.3 Å². The number of rotatable bonds is 3. The highest BCUT2D eigenvalue weighted by atomic mass is 16.5. The first-order valence-corrected chi connectivity index (χ1v) is 7.23. The Morgan fingerprint density at radius 3 is 2.16 bits per heavy atom. The normalized spacial score (nSPS) is 23.7. The first-order valence-electron chi connectivity index (χ1n) is 7.23. The Morgan fingerprint density at radius 1 is 1.05 bits per heavy atom. The molecule has 1 amide bonds. The number of nitrogens with zero attached hydrogens (tertiary/aromatic N) is 1. The summed E-state index contributed by atoms with van der Waals surface area (Å²) in [5, 5.41) is 9.57. The summed E-state index contributed by atoms with van der Waals surface area (Å²) in [6, 6.07) is 0. The molecule has 0 bridgehead atoms. The van der Waals surface area contributed by atoms with Crippen LogP contribution in [0, 0.1) is 5.41 Å². The number of amides is 1. The van der Waals surface area contributed by atoms with Crippen molar-refractivity contribution in [3.63, 3.8) is 0 Å². The van der Waals surface area contributed by atoms with Crippen LogP contribution >= 0.6 is 0 Å². The van der Waals surface area contributed by atoms with E-state index in [1.165, 1.54) is 0 Å². The van der Waals surface area contributed by atoms with Gasteiger partial charge < -0.3 is 14.7 Å². The molecule has 2 aliphatic rings. The number of carbonyl (C=O) groups is 2. The van der Waals surface area contributed by atoms with Crippen LogP contribution in [0.4, 0.5) is 0 Å². The minimum atomic E-state index is -0.827. The third-order valence-corrected chi connectivity index (χ3v) is 4.37. The lowest BCUT2D eigenvalue weighted by Gasteiger charge is -2.32. The van der Waals surface area contributed by atoms with E-state index in [2.05, 4.69) is 0 Å². The van der Waals surface area contributed by atoms with E-state index in [1.54, 1.807) is 4.90 Å². The first kappa shape index (κ1) is 14.3. The van der Waals surface area contributed by atoms with Gasteiger partial charge in [0.1, 0.15) is 0 Å². The molecule has 19 heavy (non-hydrogen) atoms. The van der Waals surface area contributed by atoms with E-state index in [0.29, 0.717) is 39.1 Å². The average molecular weight is 269 g/mol. The summed E-state index contributed by atoms with van der Waals surface area (Å²) < 4.78 is 5.22. The summed E-state index contributed by atoms with van der Waals surface area (Å²) >= 11 is 0. The van der Waals surface area contributed by atoms with Crippen molar-refractivity contribution in [2.24, 2.45) is 5.41 Å². The Balaban J connectivity index is 2.02. The van der Waals surface area contributed by atoms with Gasteiger partial charge in [-0.25, -0.2) is 0 Å². The minimum absolute atomic E-state index is 0.0207. The molecule has 0 aromatic heterocycles. The maximum absolute atomic E-state index is 12.3. The Bertz CT molecular complexity index is 328. The average Bonchev–Trinajstić information content (AvgIpc) is 2.66. The Morgan fingerprint density at radius 2 is 1.63 bits per heavy atom. The standard InChI is InChI=1S/C14H23NO4/c16-12(15-7-9-19-10-8-15)11-14(13(17)18)5-3-1-2-4-6-14/h1-11H2,(H,17,18). The van der Waals surface area contributed by atoms with E-state index in [4.69, 9.17) is 4.74 Å². The van der Waals surface area contributed by atoms with Crippen LogP contribution in [0.1, 0.15) is 44.9 Å². The largest absolute Gasteiger partial charge is 0.481 e. The van der Waals surface area contributed by atoms with Crippen molar-refractivity contribution < 1.29 is 19.4 Å². The fourth-order valence-electron chi connectivity index (χ4n) is 3.09. The lowest BCUT2D eigenvalue weighted by atomic mass is 9.77. The Kier molecular flexibility index (Phi) is 4.80. The summed E-state index contributed by atoms with van der Waals surface area (Å²) in [4.78, 5) is 25.7. The topological polar surface area (TPSA) is 66.8 Å². The number of hydrogen-bond acceptors (Lipinski definition) is 3. The molecule has 1 saturated carbocycles. The predicted octanol–water partition coefficient (Wildman–Crippen LogP) is 1.66. The molecule has 0 spiro atoms. The molecule has 1 aliphatic heterocycles. The Labute approximate surface area is 113 Å². The van der Waals surface area contributed by atoms with E-state index < -0.39 is 11.4 Å². The molecule has 2 rings (SSSR count). The second-order valence-electron chi connectivity index (χ2n) is 5.67. The van der Waals surface area contributed by atoms with E-state index in [1.807, 2.05) is 0 Å². The summed E-state index contributed by atoms with van der Waals surface area (Å²) in [6.45, 7) is 2.31. The number of ether oxygens (including phenoxy) is 1. The number of hydrogen-bond donors (Lipinski definition) is 1. The molecule has 5 nitrogen and oxygen atoms in total. The smallest absolute Gasteiger partial charge is 0.310 e. The van der Waals surface area contributed by atoms with Gasteiger partial charge in [0.25, 0.3) is 0 Å². The number of carbonyl (C=O) groups excluding carboxylic acids is 1. The maximum atomic E-state index is 12.3. The van der Waals surface area contributed by atoms with Gasteiger partial charge in [-0.1, -0.05) is 25.7 Å². The van der Waals surface area contributed by atoms with Crippen molar-refractivity contribution in [2.75, 3.05) is 26.3 Å². The van der Waals surface area contributed by atoms with Crippen LogP contribution < -0.4 is 0 Å². The van der Waals surface area contributed by atoms with E-state index >= 15 is 0 Å². The van der Waals surface area contributed by atoms with Crippen molar-refractivity contribution in [3.05, 3.63) is 0 Å². The van der Waals surface area contributed by atoms with Crippen LogP contribution in [0.5, 0.6) is 0 Å². The second-order valence-corrected chi connectivity index (χ2v) is 5.67. The fraction of sp³-hybridized carbons (Fsp3) is 0.857. The summed E-state index contributed by atoms with van der Waals surface area (Å²) in [5.74, 6) is -0.816. The number of carboxylic acid groups (broad SMARTS) is 1. The van der Waals surface area contributed by atoms with Crippen LogP contribution in [0.3, 0.4) is 0 Å². The molecule has 1 N–H and O–H groups in total. The van der Waals surface area contributed by atoms with Gasteiger partial charge in [-0.15, -0.1) is 0 Å². The molecule has 5 heteroatoms. The second kappa shape index (κ2) is 6.37. The quantitative estimate of drug-likeness (QED) is 0.791. The fourth-order valence-corrected chi connectivity index (χ4v) is 3.09. The molecular formula is C14H23NO4. The van der Waals surface area contributed by atoms with Gasteiger partial charge in [0.15, 0.2) is 0 Å². The summed E-state index contributed by atoms with van der Waals surface area (Å²) in [7, 11) is 0.